The van der Waals surface area contributed by atoms with Crippen LogP contribution in [0.5, 0.6) is 0 Å². The predicted molar refractivity (Wildman–Crippen MR) is 105 cm³/mol. The third-order valence-electron chi connectivity index (χ3n) is 6.00. The van der Waals surface area contributed by atoms with Gasteiger partial charge < -0.3 is 9.64 Å². The van der Waals surface area contributed by atoms with Gasteiger partial charge in [0.2, 0.25) is 0 Å². The van der Waals surface area contributed by atoms with E-state index < -0.39 is 0 Å². The smallest absolute Gasteiger partial charge is 0.274 e. The van der Waals surface area contributed by atoms with Crippen LogP contribution in [0, 0.1) is 11.3 Å². The molecule has 0 N–H and O–H groups in total. The number of ether oxygens (including phenoxy) is 1. The Balaban J connectivity index is 1.48. The highest BCUT2D eigenvalue weighted by Crippen LogP contribution is 2.33. The maximum absolute atomic E-state index is 13.2. The lowest BCUT2D eigenvalue weighted by Gasteiger charge is -2.32. The molecule has 1 amide bonds. The van der Waals surface area contributed by atoms with Gasteiger partial charge in [-0.1, -0.05) is 12.1 Å². The van der Waals surface area contributed by atoms with Gasteiger partial charge in [-0.25, -0.2) is 0 Å². The Morgan fingerprint density at radius 2 is 1.89 bits per heavy atom. The normalized spacial score (nSPS) is 22.6. The van der Waals surface area contributed by atoms with Crippen LogP contribution in [0.15, 0.2) is 24.3 Å². The van der Waals surface area contributed by atoms with Crippen LogP contribution in [-0.2, 0) is 18.2 Å². The summed E-state index contributed by atoms with van der Waals surface area (Å²) in [6.07, 6.45) is 2.65. The van der Waals surface area contributed by atoms with Gasteiger partial charge in [-0.15, -0.1) is 0 Å². The first-order valence-electron chi connectivity index (χ1n) is 9.98. The van der Waals surface area contributed by atoms with E-state index in [-0.39, 0.29) is 18.1 Å². The Morgan fingerprint density at radius 1 is 1.21 bits per heavy atom. The topological polar surface area (TPSA) is 71.2 Å². The Kier molecular flexibility index (Phi) is 4.94. The predicted octanol–water partition coefficient (Wildman–Crippen LogP) is 3.33. The molecular weight excluding hydrogens is 352 g/mol. The van der Waals surface area contributed by atoms with Crippen LogP contribution in [0.4, 0.5) is 0 Å². The molecule has 0 saturated carbocycles. The number of carbonyl (C=O) groups is 1. The Labute approximate surface area is 165 Å². The quantitative estimate of drug-likeness (QED) is 0.804. The van der Waals surface area contributed by atoms with Crippen LogP contribution in [0.1, 0.15) is 71.6 Å². The van der Waals surface area contributed by atoms with E-state index in [1.165, 1.54) is 5.56 Å². The van der Waals surface area contributed by atoms with Gasteiger partial charge in [-0.3, -0.25) is 9.48 Å². The molecule has 28 heavy (non-hydrogen) atoms. The summed E-state index contributed by atoms with van der Waals surface area (Å²) in [5, 5.41) is 13.5. The minimum atomic E-state index is -0.0417. The Hall–Kier alpha value is -2.65. The number of aryl methyl sites for hydroxylation is 1. The summed E-state index contributed by atoms with van der Waals surface area (Å²) in [7, 11) is 1.89. The summed E-state index contributed by atoms with van der Waals surface area (Å²) in [6, 6.07) is 9.99. The Bertz CT molecular complexity index is 917. The number of amides is 1. The second-order valence-corrected chi connectivity index (χ2v) is 7.93. The van der Waals surface area contributed by atoms with Crippen molar-refractivity contribution >= 4 is 5.91 Å². The van der Waals surface area contributed by atoms with Crippen molar-refractivity contribution in [3.63, 3.8) is 0 Å². The van der Waals surface area contributed by atoms with Crippen LogP contribution in [-0.4, -0.2) is 39.8 Å². The van der Waals surface area contributed by atoms with E-state index in [9.17, 15) is 4.79 Å². The van der Waals surface area contributed by atoms with Crippen LogP contribution in [0.25, 0.3) is 0 Å². The number of likely N-dealkylation sites (tertiary alicyclic amines) is 1. The van der Waals surface area contributed by atoms with E-state index in [2.05, 4.69) is 11.2 Å². The van der Waals surface area contributed by atoms with Crippen LogP contribution < -0.4 is 0 Å². The molecule has 1 aromatic heterocycles. The molecule has 1 fully saturated rings. The minimum Gasteiger partial charge on any atom is -0.369 e. The molecule has 0 radical (unpaired) electrons. The third kappa shape index (κ3) is 3.31. The molecule has 1 aromatic carbocycles. The van der Waals surface area contributed by atoms with Gasteiger partial charge in [0.15, 0.2) is 5.69 Å². The van der Waals surface area contributed by atoms with Gasteiger partial charge in [-0.2, -0.15) is 10.4 Å². The van der Waals surface area contributed by atoms with Crippen LogP contribution >= 0.6 is 0 Å². The zero-order chi connectivity index (χ0) is 19.8. The monoisotopic (exact) mass is 378 g/mol. The molecule has 0 aliphatic carbocycles. The lowest BCUT2D eigenvalue weighted by molar-refractivity contribution is -0.00907. The average Bonchev–Trinajstić information content (AvgIpc) is 3.04. The number of nitriles is 1. The minimum absolute atomic E-state index is 0.0384. The second-order valence-electron chi connectivity index (χ2n) is 7.93. The number of piperidine rings is 1. The molecule has 0 spiro atoms. The molecule has 0 bridgehead atoms. The number of fused-ring (bicyclic) bond motifs is 1. The molecule has 1 saturated heterocycles. The number of hydrogen-bond acceptors (Lipinski definition) is 4. The van der Waals surface area contributed by atoms with Crippen LogP contribution in [0.3, 0.4) is 0 Å². The van der Waals surface area contributed by atoms with E-state index in [4.69, 9.17) is 10.00 Å². The van der Waals surface area contributed by atoms with E-state index in [0.717, 1.165) is 43.6 Å². The van der Waals surface area contributed by atoms with Crippen molar-refractivity contribution in [3.8, 4) is 6.07 Å². The highest BCUT2D eigenvalue weighted by Gasteiger charge is 2.34. The molecule has 6 nitrogen and oxygen atoms in total. The number of benzene rings is 1. The van der Waals surface area contributed by atoms with Crippen molar-refractivity contribution in [1.82, 2.24) is 14.7 Å². The standard InChI is InChI=1S/C22H26N4O2/c1-14-12-19-20(24-25(3)21(19)15(2)28-14)22(27)26-10-8-18(9-11-26)17-6-4-16(13-23)5-7-17/h4-7,14-15,18H,8-12H2,1-3H3/t14-,15+/m1/s1. The summed E-state index contributed by atoms with van der Waals surface area (Å²) in [4.78, 5) is 15.1. The van der Waals surface area contributed by atoms with Gasteiger partial charge in [-0.05, 0) is 50.3 Å². The lowest BCUT2D eigenvalue weighted by atomic mass is 9.89. The fourth-order valence-electron chi connectivity index (χ4n) is 4.61. The van der Waals surface area contributed by atoms with E-state index in [1.807, 2.05) is 54.7 Å². The van der Waals surface area contributed by atoms with Gasteiger partial charge >= 0.3 is 0 Å². The maximum atomic E-state index is 13.2. The van der Waals surface area contributed by atoms with Crippen molar-refractivity contribution in [3.05, 3.63) is 52.3 Å². The first kappa shape index (κ1) is 18.7. The largest absolute Gasteiger partial charge is 0.369 e. The van der Waals surface area contributed by atoms with Gasteiger partial charge in [0, 0.05) is 32.1 Å². The number of nitrogens with zero attached hydrogens (tertiary/aromatic N) is 4. The summed E-state index contributed by atoms with van der Waals surface area (Å²) in [5.41, 5.74) is 4.60. The zero-order valence-corrected chi connectivity index (χ0v) is 16.7. The average molecular weight is 378 g/mol. The van der Waals surface area contributed by atoms with Crippen molar-refractivity contribution in [2.45, 2.75) is 51.2 Å². The molecule has 2 aromatic rings. The zero-order valence-electron chi connectivity index (χ0n) is 16.7. The van der Waals surface area contributed by atoms with E-state index >= 15 is 0 Å². The van der Waals surface area contributed by atoms with Crippen molar-refractivity contribution < 1.29 is 9.53 Å². The van der Waals surface area contributed by atoms with Crippen molar-refractivity contribution in [1.29, 1.82) is 5.26 Å². The number of carbonyl (C=O) groups excluding carboxylic acids is 1. The molecule has 2 aliphatic heterocycles. The molecule has 146 valence electrons. The highest BCUT2D eigenvalue weighted by atomic mass is 16.5. The van der Waals surface area contributed by atoms with Crippen molar-refractivity contribution in [2.75, 3.05) is 13.1 Å². The SMILES string of the molecule is C[C@@H]1Cc2c(C(=O)N3CCC(c4ccc(C#N)cc4)CC3)nn(C)c2[C@H](C)O1. The molecule has 0 unspecified atom stereocenters. The number of hydrogen-bond donors (Lipinski definition) is 0. The first-order valence-corrected chi connectivity index (χ1v) is 9.98. The first-order chi connectivity index (χ1) is 13.5. The summed E-state index contributed by atoms with van der Waals surface area (Å²) >= 11 is 0. The molecule has 4 rings (SSSR count). The fraction of sp³-hybridized carbons (Fsp3) is 0.500. The van der Waals surface area contributed by atoms with Gasteiger partial charge in [0.25, 0.3) is 5.91 Å². The highest BCUT2D eigenvalue weighted by molar-refractivity contribution is 5.94. The number of rotatable bonds is 2. The molecule has 2 aliphatic rings. The molecule has 2 atom stereocenters. The van der Waals surface area contributed by atoms with E-state index in [1.54, 1.807) is 0 Å². The summed E-state index contributed by atoms with van der Waals surface area (Å²) < 4.78 is 7.71. The molecule has 3 heterocycles. The van der Waals surface area contributed by atoms with Gasteiger partial charge in [0.1, 0.15) is 0 Å². The summed E-state index contributed by atoms with van der Waals surface area (Å²) in [5.74, 6) is 0.472. The summed E-state index contributed by atoms with van der Waals surface area (Å²) in [6.45, 7) is 5.53. The third-order valence-corrected chi connectivity index (χ3v) is 6.00. The van der Waals surface area contributed by atoms with Crippen LogP contribution in [0.2, 0.25) is 0 Å². The number of aromatic nitrogens is 2. The van der Waals surface area contributed by atoms with Crippen molar-refractivity contribution in [2.24, 2.45) is 7.05 Å². The molecule has 6 heteroatoms. The van der Waals surface area contributed by atoms with E-state index in [0.29, 0.717) is 17.2 Å². The van der Waals surface area contributed by atoms with Gasteiger partial charge in [0.05, 0.1) is 29.5 Å². The second kappa shape index (κ2) is 7.40. The maximum Gasteiger partial charge on any atom is 0.274 e. The Morgan fingerprint density at radius 3 is 2.54 bits per heavy atom. The molecular formula is C22H26N4O2. The fourth-order valence-corrected chi connectivity index (χ4v) is 4.61. The lowest BCUT2D eigenvalue weighted by Crippen LogP contribution is -2.38.